The predicted octanol–water partition coefficient (Wildman–Crippen LogP) is 3.59. The first-order valence-corrected chi connectivity index (χ1v) is 9.34. The van der Waals surface area contributed by atoms with Crippen molar-refractivity contribution in [3.63, 3.8) is 0 Å². The molecule has 3 rings (SSSR count). The lowest BCUT2D eigenvalue weighted by Crippen LogP contribution is -2.26. The number of benzene rings is 1. The fourth-order valence-corrected chi connectivity index (χ4v) is 3.35. The summed E-state index contributed by atoms with van der Waals surface area (Å²) >= 11 is 2.22. The van der Waals surface area contributed by atoms with Gasteiger partial charge in [-0.3, -0.25) is 0 Å². The maximum Gasteiger partial charge on any atom is 0.199 e. The predicted molar refractivity (Wildman–Crippen MR) is 93.5 cm³/mol. The Bertz CT molecular complexity index is 469. The van der Waals surface area contributed by atoms with Gasteiger partial charge in [-0.25, -0.2) is 0 Å². The Labute approximate surface area is 150 Å². The fraction of sp³-hybridized carbons (Fsp3) is 0.647. The highest BCUT2D eigenvalue weighted by Crippen LogP contribution is 2.35. The number of aliphatic hydroxyl groups excluding tert-OH is 1. The van der Waals surface area contributed by atoms with Crippen LogP contribution in [-0.2, 0) is 16.1 Å². The van der Waals surface area contributed by atoms with Crippen molar-refractivity contribution in [2.24, 2.45) is 0 Å². The number of rotatable bonds is 5. The van der Waals surface area contributed by atoms with Crippen molar-refractivity contribution >= 4 is 22.6 Å². The van der Waals surface area contributed by atoms with Crippen LogP contribution in [0.2, 0.25) is 0 Å². The molecule has 1 N–H and O–H groups in total. The number of hydrogen-bond acceptors (Lipinski definition) is 5. The van der Waals surface area contributed by atoms with Gasteiger partial charge in [-0.1, -0.05) is 0 Å². The lowest BCUT2D eigenvalue weighted by atomic mass is 10.2. The van der Waals surface area contributed by atoms with Gasteiger partial charge in [0.25, 0.3) is 0 Å². The average Bonchev–Trinajstić information content (AvgIpc) is 2.60. The molecule has 2 heterocycles. The summed E-state index contributed by atoms with van der Waals surface area (Å²) in [4.78, 5) is 0. The fourth-order valence-electron chi connectivity index (χ4n) is 2.78. The molecule has 2 fully saturated rings. The van der Waals surface area contributed by atoms with E-state index in [-0.39, 0.29) is 19.2 Å². The lowest BCUT2D eigenvalue weighted by Gasteiger charge is -2.27. The molecule has 0 saturated carbocycles. The van der Waals surface area contributed by atoms with E-state index in [2.05, 4.69) is 22.6 Å². The van der Waals surface area contributed by atoms with Gasteiger partial charge in [0, 0.05) is 12.8 Å². The average molecular weight is 434 g/mol. The Morgan fingerprint density at radius 3 is 1.87 bits per heavy atom. The topological polar surface area (TPSA) is 57.2 Å². The molecule has 2 atom stereocenters. The monoisotopic (exact) mass is 434 g/mol. The van der Waals surface area contributed by atoms with Crippen molar-refractivity contribution in [3.8, 4) is 11.5 Å². The number of aliphatic hydroxyl groups is 1. The molecular formula is C17H23IO5. The summed E-state index contributed by atoms with van der Waals surface area (Å²) in [6.07, 6.45) is 5.74. The van der Waals surface area contributed by atoms with Crippen molar-refractivity contribution in [2.45, 2.75) is 57.7 Å². The van der Waals surface area contributed by atoms with E-state index in [0.717, 1.165) is 60.9 Å². The van der Waals surface area contributed by atoms with Crippen LogP contribution in [0.15, 0.2) is 12.1 Å². The van der Waals surface area contributed by atoms with Gasteiger partial charge >= 0.3 is 0 Å². The quantitative estimate of drug-likeness (QED) is 0.718. The van der Waals surface area contributed by atoms with E-state index in [4.69, 9.17) is 18.9 Å². The molecule has 0 aliphatic carbocycles. The Hall–Kier alpha value is -0.570. The highest BCUT2D eigenvalue weighted by molar-refractivity contribution is 14.1. The summed E-state index contributed by atoms with van der Waals surface area (Å²) < 4.78 is 24.2. The van der Waals surface area contributed by atoms with E-state index in [1.165, 1.54) is 0 Å². The third-order valence-corrected chi connectivity index (χ3v) is 5.10. The Kier molecular flexibility index (Phi) is 6.38. The molecule has 0 aromatic heterocycles. The zero-order valence-corrected chi connectivity index (χ0v) is 15.3. The van der Waals surface area contributed by atoms with Crippen LogP contribution in [0.5, 0.6) is 11.5 Å². The molecule has 0 bridgehead atoms. The second kappa shape index (κ2) is 8.50. The van der Waals surface area contributed by atoms with Crippen LogP contribution in [0.4, 0.5) is 0 Å². The molecule has 1 aromatic carbocycles. The van der Waals surface area contributed by atoms with E-state index >= 15 is 0 Å². The zero-order chi connectivity index (χ0) is 16.1. The van der Waals surface area contributed by atoms with Crippen LogP contribution in [0, 0.1) is 3.57 Å². The van der Waals surface area contributed by atoms with Gasteiger partial charge in [0.2, 0.25) is 0 Å². The molecule has 1 aromatic rings. The molecule has 5 nitrogen and oxygen atoms in total. The van der Waals surface area contributed by atoms with Crippen LogP contribution >= 0.6 is 22.6 Å². The summed E-state index contributed by atoms with van der Waals surface area (Å²) in [5, 5.41) is 9.51. The SMILES string of the molecule is OCc1cc(OC2CCCCO2)c(I)c(OC2CCCCO2)c1. The van der Waals surface area contributed by atoms with E-state index in [1.54, 1.807) is 0 Å². The largest absolute Gasteiger partial charge is 0.464 e. The van der Waals surface area contributed by atoms with Gasteiger partial charge in [0.05, 0.1) is 23.4 Å². The molecule has 2 saturated heterocycles. The number of ether oxygens (including phenoxy) is 4. The normalized spacial score (nSPS) is 25.1. The smallest absolute Gasteiger partial charge is 0.199 e. The summed E-state index contributed by atoms with van der Waals surface area (Å²) in [6, 6.07) is 3.71. The first kappa shape index (κ1) is 17.3. The minimum absolute atomic E-state index is 0.0549. The first-order chi connectivity index (χ1) is 11.3. The molecule has 6 heteroatoms. The minimum atomic E-state index is -0.218. The Balaban J connectivity index is 1.76. The highest BCUT2D eigenvalue weighted by Gasteiger charge is 2.21. The van der Waals surface area contributed by atoms with Crippen LogP contribution in [-0.4, -0.2) is 30.9 Å². The van der Waals surface area contributed by atoms with Crippen LogP contribution < -0.4 is 9.47 Å². The third kappa shape index (κ3) is 4.71. The van der Waals surface area contributed by atoms with Crippen LogP contribution in [0.25, 0.3) is 0 Å². The van der Waals surface area contributed by atoms with E-state index < -0.39 is 0 Å². The molecular weight excluding hydrogens is 411 g/mol. The molecule has 23 heavy (non-hydrogen) atoms. The van der Waals surface area contributed by atoms with Crippen LogP contribution in [0.3, 0.4) is 0 Å². The van der Waals surface area contributed by atoms with E-state index in [1.807, 2.05) is 12.1 Å². The zero-order valence-electron chi connectivity index (χ0n) is 13.1. The first-order valence-electron chi connectivity index (χ1n) is 8.26. The second-order valence-electron chi connectivity index (χ2n) is 5.89. The van der Waals surface area contributed by atoms with Crippen molar-refractivity contribution in [1.82, 2.24) is 0 Å². The maximum absolute atomic E-state index is 9.51. The lowest BCUT2D eigenvalue weighted by molar-refractivity contribution is -0.109. The van der Waals surface area contributed by atoms with Gasteiger partial charge in [-0.15, -0.1) is 0 Å². The highest BCUT2D eigenvalue weighted by atomic mass is 127. The van der Waals surface area contributed by atoms with Crippen molar-refractivity contribution < 1.29 is 24.1 Å². The molecule has 0 radical (unpaired) electrons. The molecule has 0 amide bonds. The number of hydrogen-bond donors (Lipinski definition) is 1. The van der Waals surface area contributed by atoms with Crippen molar-refractivity contribution in [2.75, 3.05) is 13.2 Å². The standard InChI is InChI=1S/C17H23IO5/c18-17-13(22-15-5-1-3-7-20-15)9-12(11-19)10-14(17)23-16-6-2-4-8-21-16/h9-10,15-16,19H,1-8,11H2. The van der Waals surface area contributed by atoms with E-state index in [9.17, 15) is 5.11 Å². The molecule has 2 aliphatic rings. The van der Waals surface area contributed by atoms with Gasteiger partial charge in [0.1, 0.15) is 11.5 Å². The van der Waals surface area contributed by atoms with Crippen molar-refractivity contribution in [1.29, 1.82) is 0 Å². The third-order valence-electron chi connectivity index (χ3n) is 4.04. The van der Waals surface area contributed by atoms with Crippen LogP contribution in [0.1, 0.15) is 44.1 Å². The molecule has 0 spiro atoms. The van der Waals surface area contributed by atoms with Gasteiger partial charge in [-0.2, -0.15) is 0 Å². The van der Waals surface area contributed by atoms with Crippen molar-refractivity contribution in [3.05, 3.63) is 21.3 Å². The Morgan fingerprint density at radius 1 is 0.957 bits per heavy atom. The molecule has 2 unspecified atom stereocenters. The van der Waals surface area contributed by atoms with Gasteiger partial charge in [0.15, 0.2) is 12.6 Å². The number of halogens is 1. The summed E-state index contributed by atoms with van der Waals surface area (Å²) in [5.74, 6) is 1.41. The van der Waals surface area contributed by atoms with Gasteiger partial charge in [-0.05, 0) is 66.0 Å². The maximum atomic E-state index is 9.51. The summed E-state index contributed by atoms with van der Waals surface area (Å²) in [7, 11) is 0. The van der Waals surface area contributed by atoms with Gasteiger partial charge < -0.3 is 24.1 Å². The minimum Gasteiger partial charge on any atom is -0.464 e. The van der Waals surface area contributed by atoms with E-state index in [0.29, 0.717) is 11.5 Å². The summed E-state index contributed by atoms with van der Waals surface area (Å²) in [5.41, 5.74) is 0.766. The summed E-state index contributed by atoms with van der Waals surface area (Å²) in [6.45, 7) is 1.42. The Morgan fingerprint density at radius 2 is 1.48 bits per heavy atom. The molecule has 2 aliphatic heterocycles. The molecule has 128 valence electrons. The second-order valence-corrected chi connectivity index (χ2v) is 6.97.